The monoisotopic (exact) mass is 420 g/mol. The number of hydrogen-bond donors (Lipinski definition) is 3. The summed E-state index contributed by atoms with van der Waals surface area (Å²) in [6, 6.07) is 10.7. The van der Waals surface area contributed by atoms with Crippen molar-refractivity contribution in [1.82, 2.24) is 5.32 Å². The van der Waals surface area contributed by atoms with Crippen LogP contribution in [-0.4, -0.2) is 30.1 Å². The van der Waals surface area contributed by atoms with E-state index in [2.05, 4.69) is 26.6 Å². The lowest BCUT2D eigenvalue weighted by Crippen LogP contribution is -2.47. The molecule has 0 bridgehead atoms. The molecular formula is C19H21BrN2O4. The lowest BCUT2D eigenvalue weighted by atomic mass is 10.0. The van der Waals surface area contributed by atoms with E-state index in [4.69, 9.17) is 4.74 Å². The highest BCUT2D eigenvalue weighted by Gasteiger charge is 2.25. The minimum absolute atomic E-state index is 0.0784. The number of aromatic hydroxyl groups is 1. The van der Waals surface area contributed by atoms with Gasteiger partial charge in [-0.2, -0.15) is 0 Å². The number of benzene rings is 2. The number of hydrogen-bond acceptors (Lipinski definition) is 4. The molecule has 2 rings (SSSR count). The highest BCUT2D eigenvalue weighted by Crippen LogP contribution is 2.28. The van der Waals surface area contributed by atoms with Crippen molar-refractivity contribution in [2.45, 2.75) is 19.9 Å². The Bertz CT molecular complexity index is 791. The van der Waals surface area contributed by atoms with Gasteiger partial charge in [0.1, 0.15) is 6.04 Å². The molecule has 2 aromatic carbocycles. The Kier molecular flexibility index (Phi) is 6.63. The largest absolute Gasteiger partial charge is 0.504 e. The zero-order valence-electron chi connectivity index (χ0n) is 14.7. The molecule has 3 N–H and O–H groups in total. The summed E-state index contributed by atoms with van der Waals surface area (Å²) in [5, 5.41) is 15.3. The summed E-state index contributed by atoms with van der Waals surface area (Å²) >= 11 is 3.32. The third-order valence-electron chi connectivity index (χ3n) is 3.79. The van der Waals surface area contributed by atoms with Gasteiger partial charge in [0.15, 0.2) is 11.5 Å². The Morgan fingerprint density at radius 3 is 2.31 bits per heavy atom. The summed E-state index contributed by atoms with van der Waals surface area (Å²) in [5.41, 5.74) is 0.880. The average Bonchev–Trinajstić information content (AvgIpc) is 2.59. The van der Waals surface area contributed by atoms with Crippen LogP contribution in [0.5, 0.6) is 11.5 Å². The molecular weight excluding hydrogens is 400 g/mol. The molecule has 7 heteroatoms. The number of halogens is 1. The maximum atomic E-state index is 12.6. The predicted octanol–water partition coefficient (Wildman–Crippen LogP) is 3.56. The number of amides is 2. The van der Waals surface area contributed by atoms with E-state index in [0.29, 0.717) is 17.0 Å². The van der Waals surface area contributed by atoms with Crippen molar-refractivity contribution in [3.05, 3.63) is 52.5 Å². The third-order valence-corrected chi connectivity index (χ3v) is 4.32. The van der Waals surface area contributed by atoms with Crippen LogP contribution in [0.25, 0.3) is 0 Å². The Morgan fingerprint density at radius 2 is 1.77 bits per heavy atom. The van der Waals surface area contributed by atoms with Gasteiger partial charge in [0.2, 0.25) is 5.91 Å². The van der Waals surface area contributed by atoms with Gasteiger partial charge in [-0.15, -0.1) is 0 Å². The number of methoxy groups -OCH3 is 1. The van der Waals surface area contributed by atoms with E-state index in [1.165, 1.54) is 13.2 Å². The van der Waals surface area contributed by atoms with Crippen molar-refractivity contribution in [1.29, 1.82) is 0 Å². The zero-order chi connectivity index (χ0) is 19.3. The van der Waals surface area contributed by atoms with Crippen molar-refractivity contribution in [2.24, 2.45) is 5.92 Å². The molecule has 2 aromatic rings. The van der Waals surface area contributed by atoms with Gasteiger partial charge in [-0.05, 0) is 42.3 Å². The fraction of sp³-hybridized carbons (Fsp3) is 0.263. The summed E-state index contributed by atoms with van der Waals surface area (Å²) in [5.74, 6) is -0.586. The van der Waals surface area contributed by atoms with Crippen LogP contribution >= 0.6 is 15.9 Å². The van der Waals surface area contributed by atoms with Crippen molar-refractivity contribution >= 4 is 33.4 Å². The maximum Gasteiger partial charge on any atom is 0.251 e. The molecule has 0 spiro atoms. The quantitative estimate of drug-likeness (QED) is 0.666. The number of rotatable bonds is 6. The van der Waals surface area contributed by atoms with Gasteiger partial charge in [0.25, 0.3) is 5.91 Å². The first-order chi connectivity index (χ1) is 12.3. The predicted molar refractivity (Wildman–Crippen MR) is 104 cm³/mol. The number of anilines is 1. The molecule has 0 aliphatic carbocycles. The number of ether oxygens (including phenoxy) is 1. The summed E-state index contributed by atoms with van der Waals surface area (Å²) < 4.78 is 5.84. The highest BCUT2D eigenvalue weighted by atomic mass is 79.9. The first-order valence-electron chi connectivity index (χ1n) is 8.06. The van der Waals surface area contributed by atoms with Crippen LogP contribution in [0.15, 0.2) is 46.9 Å². The molecule has 0 heterocycles. The second-order valence-corrected chi connectivity index (χ2v) is 6.99. The summed E-state index contributed by atoms with van der Waals surface area (Å²) in [6.45, 7) is 3.69. The molecule has 0 radical (unpaired) electrons. The van der Waals surface area contributed by atoms with E-state index >= 15 is 0 Å². The fourth-order valence-electron chi connectivity index (χ4n) is 2.35. The van der Waals surface area contributed by atoms with Crippen LogP contribution in [-0.2, 0) is 4.79 Å². The molecule has 2 amide bonds. The summed E-state index contributed by atoms with van der Waals surface area (Å²) in [7, 11) is 1.44. The minimum atomic E-state index is -0.726. The number of carbonyl (C=O) groups is 2. The fourth-order valence-corrected chi connectivity index (χ4v) is 2.61. The minimum Gasteiger partial charge on any atom is -0.504 e. The van der Waals surface area contributed by atoms with E-state index in [-0.39, 0.29) is 23.5 Å². The van der Waals surface area contributed by atoms with E-state index in [9.17, 15) is 14.7 Å². The summed E-state index contributed by atoms with van der Waals surface area (Å²) in [4.78, 5) is 25.0. The summed E-state index contributed by atoms with van der Waals surface area (Å²) in [6.07, 6.45) is 0. The van der Waals surface area contributed by atoms with Crippen molar-refractivity contribution < 1.29 is 19.4 Å². The second kappa shape index (κ2) is 8.71. The lowest BCUT2D eigenvalue weighted by molar-refractivity contribution is -0.118. The van der Waals surface area contributed by atoms with Crippen molar-refractivity contribution in [3.63, 3.8) is 0 Å². The van der Waals surface area contributed by atoms with Gasteiger partial charge >= 0.3 is 0 Å². The van der Waals surface area contributed by atoms with Crippen LogP contribution in [0.1, 0.15) is 24.2 Å². The molecule has 0 saturated heterocycles. The van der Waals surface area contributed by atoms with Crippen molar-refractivity contribution in [3.8, 4) is 11.5 Å². The van der Waals surface area contributed by atoms with Crippen LogP contribution in [0.3, 0.4) is 0 Å². The first-order valence-corrected chi connectivity index (χ1v) is 8.85. The van der Waals surface area contributed by atoms with Gasteiger partial charge in [0.05, 0.1) is 7.11 Å². The highest BCUT2D eigenvalue weighted by molar-refractivity contribution is 9.10. The number of phenolic OH excluding ortho intramolecular Hbond substituents is 1. The molecule has 6 nitrogen and oxygen atoms in total. The van der Waals surface area contributed by atoms with Gasteiger partial charge in [0, 0.05) is 21.8 Å². The van der Waals surface area contributed by atoms with E-state index in [0.717, 1.165) is 4.47 Å². The van der Waals surface area contributed by atoms with Gasteiger partial charge in [-0.3, -0.25) is 9.59 Å². The van der Waals surface area contributed by atoms with Crippen LogP contribution in [0.2, 0.25) is 0 Å². The molecule has 26 heavy (non-hydrogen) atoms. The molecule has 0 aliphatic rings. The van der Waals surface area contributed by atoms with Gasteiger partial charge in [-0.1, -0.05) is 29.8 Å². The Morgan fingerprint density at radius 1 is 1.12 bits per heavy atom. The third kappa shape index (κ3) is 4.98. The first kappa shape index (κ1) is 19.8. The van der Waals surface area contributed by atoms with E-state index < -0.39 is 6.04 Å². The van der Waals surface area contributed by atoms with Gasteiger partial charge < -0.3 is 20.5 Å². The standard InChI is InChI=1S/C19H21BrN2O4/c1-11(2)17(22-18(24)12-4-6-13(20)7-5-12)19(25)21-14-8-9-16(26-3)15(23)10-14/h4-11,17,23H,1-3H3,(H,21,25)(H,22,24). The maximum absolute atomic E-state index is 12.6. The SMILES string of the molecule is COc1ccc(NC(=O)C(NC(=O)c2ccc(Br)cc2)C(C)C)cc1O. The number of nitrogens with one attached hydrogen (secondary N) is 2. The van der Waals surface area contributed by atoms with Crippen molar-refractivity contribution in [2.75, 3.05) is 12.4 Å². The van der Waals surface area contributed by atoms with Crippen LogP contribution in [0, 0.1) is 5.92 Å². The molecule has 1 unspecified atom stereocenters. The normalized spacial score (nSPS) is 11.7. The molecule has 138 valence electrons. The topological polar surface area (TPSA) is 87.7 Å². The second-order valence-electron chi connectivity index (χ2n) is 6.08. The Labute approximate surface area is 160 Å². The zero-order valence-corrected chi connectivity index (χ0v) is 16.3. The van der Waals surface area contributed by atoms with Crippen LogP contribution in [0.4, 0.5) is 5.69 Å². The smallest absolute Gasteiger partial charge is 0.251 e. The van der Waals surface area contributed by atoms with E-state index in [1.807, 2.05) is 13.8 Å². The van der Waals surface area contributed by atoms with Crippen LogP contribution < -0.4 is 15.4 Å². The molecule has 0 saturated carbocycles. The number of phenols is 1. The Hall–Kier alpha value is -2.54. The van der Waals surface area contributed by atoms with Gasteiger partial charge in [-0.25, -0.2) is 0 Å². The average molecular weight is 421 g/mol. The molecule has 0 aliphatic heterocycles. The van der Waals surface area contributed by atoms with E-state index in [1.54, 1.807) is 36.4 Å². The molecule has 1 atom stereocenters. The lowest BCUT2D eigenvalue weighted by Gasteiger charge is -2.22. The number of carbonyl (C=O) groups excluding carboxylic acids is 2. The molecule has 0 aromatic heterocycles. The Balaban J connectivity index is 2.10. The molecule has 0 fully saturated rings.